The molecule has 0 aliphatic heterocycles. The minimum absolute atomic E-state index is 0.0180. The number of amides is 1. The number of carbonyl (C=O) groups is 2. The molecule has 3 unspecified atom stereocenters. The average Bonchev–Trinajstić information content (AvgIpc) is 3.32. The van der Waals surface area contributed by atoms with Crippen molar-refractivity contribution in [1.82, 2.24) is 5.32 Å². The van der Waals surface area contributed by atoms with E-state index in [0.29, 0.717) is 23.9 Å². The number of hydrogen-bond donors (Lipinski definition) is 2. The van der Waals surface area contributed by atoms with E-state index in [1.54, 1.807) is 0 Å². The fourth-order valence-corrected chi connectivity index (χ4v) is 7.70. The number of hydrogen-bond acceptors (Lipinski definition) is 6. The maximum Gasteiger partial charge on any atom is 0.472 e. The highest BCUT2D eigenvalue weighted by atomic mass is 31.2. The van der Waals surface area contributed by atoms with Gasteiger partial charge in [-0.05, 0) is 109 Å². The largest absolute Gasteiger partial charge is 0.472 e. The van der Waals surface area contributed by atoms with Crippen LogP contribution in [0.1, 0.15) is 194 Å². The van der Waals surface area contributed by atoms with E-state index in [1.807, 2.05) is 33.3 Å². The lowest BCUT2D eigenvalue weighted by Gasteiger charge is -2.27. The van der Waals surface area contributed by atoms with E-state index in [4.69, 9.17) is 13.8 Å². The Hall–Kier alpha value is -3.59. The molecule has 0 aliphatic carbocycles. The first-order valence-electron chi connectivity index (χ1n) is 27.4. The molecule has 0 bridgehead atoms. The van der Waals surface area contributed by atoms with Gasteiger partial charge < -0.3 is 19.4 Å². The third kappa shape index (κ3) is 49.4. The fraction of sp³-hybridized carbons (Fsp3) is 0.633. The van der Waals surface area contributed by atoms with Crippen LogP contribution in [0, 0.1) is 0 Å². The summed E-state index contributed by atoms with van der Waals surface area (Å²) in [6.45, 7) is 6.67. The van der Waals surface area contributed by atoms with E-state index >= 15 is 0 Å². The minimum Gasteiger partial charge on any atom is -0.456 e. The molecule has 2 N–H and O–H groups in total. The molecule has 9 nitrogen and oxygen atoms in total. The quantitative estimate of drug-likeness (QED) is 0.0205. The summed E-state index contributed by atoms with van der Waals surface area (Å²) < 4.78 is 30.5. The zero-order valence-corrected chi connectivity index (χ0v) is 46.1. The highest BCUT2D eigenvalue weighted by molar-refractivity contribution is 7.47. The van der Waals surface area contributed by atoms with Crippen molar-refractivity contribution in [2.75, 3.05) is 40.9 Å². The van der Waals surface area contributed by atoms with Crippen LogP contribution in [0.15, 0.2) is 122 Å². The first-order valence-corrected chi connectivity index (χ1v) is 28.9. The van der Waals surface area contributed by atoms with E-state index in [2.05, 4.69) is 135 Å². The van der Waals surface area contributed by atoms with Crippen molar-refractivity contribution < 1.29 is 37.3 Å². The fourth-order valence-electron chi connectivity index (χ4n) is 6.96. The van der Waals surface area contributed by atoms with Gasteiger partial charge in [-0.1, -0.05) is 194 Å². The molecule has 0 saturated carbocycles. The van der Waals surface area contributed by atoms with Crippen LogP contribution in [0.25, 0.3) is 0 Å². The van der Waals surface area contributed by atoms with Crippen molar-refractivity contribution in [2.45, 2.75) is 206 Å². The van der Waals surface area contributed by atoms with Crippen molar-refractivity contribution in [1.29, 1.82) is 0 Å². The summed E-state index contributed by atoms with van der Waals surface area (Å²) in [6, 6.07) is -0.895. The van der Waals surface area contributed by atoms with Crippen LogP contribution in [0.5, 0.6) is 0 Å². The molecular weight excluding hydrogens is 892 g/mol. The van der Waals surface area contributed by atoms with E-state index in [-0.39, 0.29) is 32.0 Å². The Morgan fingerprint density at radius 2 is 0.929 bits per heavy atom. The molecule has 70 heavy (non-hydrogen) atoms. The molecule has 0 radical (unpaired) electrons. The van der Waals surface area contributed by atoms with Crippen LogP contribution in [0.2, 0.25) is 0 Å². The molecule has 1 amide bonds. The van der Waals surface area contributed by atoms with Crippen molar-refractivity contribution >= 4 is 19.7 Å². The number of allylic oxidation sites excluding steroid dienone is 19. The molecule has 0 aromatic heterocycles. The summed E-state index contributed by atoms with van der Waals surface area (Å²) in [4.78, 5) is 37.5. The second-order valence-corrected chi connectivity index (χ2v) is 20.4. The Bertz CT molecular complexity index is 1610. The molecule has 0 heterocycles. The Morgan fingerprint density at radius 3 is 1.40 bits per heavy atom. The zero-order valence-electron chi connectivity index (χ0n) is 45.2. The molecule has 0 saturated heterocycles. The number of rotatable bonds is 47. The maximum atomic E-state index is 13.5. The number of ether oxygens (including phenoxy) is 1. The second kappa shape index (κ2) is 49.0. The van der Waals surface area contributed by atoms with Gasteiger partial charge in [0.15, 0.2) is 0 Å². The van der Waals surface area contributed by atoms with E-state index in [9.17, 15) is 19.0 Å². The number of carbonyl (C=O) groups excluding carboxylic acids is 2. The first kappa shape index (κ1) is 66.4. The number of nitrogens with zero attached hydrogens (tertiary/aromatic N) is 1. The third-order valence-corrected chi connectivity index (χ3v) is 12.1. The maximum absolute atomic E-state index is 13.5. The van der Waals surface area contributed by atoms with E-state index in [0.717, 1.165) is 103 Å². The van der Waals surface area contributed by atoms with Gasteiger partial charge in [0, 0.05) is 12.8 Å². The van der Waals surface area contributed by atoms with Gasteiger partial charge in [-0.15, -0.1) is 0 Å². The Morgan fingerprint density at radius 1 is 0.514 bits per heavy atom. The zero-order chi connectivity index (χ0) is 51.5. The summed E-state index contributed by atoms with van der Waals surface area (Å²) >= 11 is 0. The molecule has 0 spiro atoms. The van der Waals surface area contributed by atoms with Crippen LogP contribution < -0.4 is 5.32 Å². The van der Waals surface area contributed by atoms with Gasteiger partial charge in [0.1, 0.15) is 19.3 Å². The monoisotopic (exact) mass is 994 g/mol. The lowest BCUT2D eigenvalue weighted by Crippen LogP contribution is -2.47. The number of unbranched alkanes of at least 4 members (excludes halogenated alkanes) is 13. The number of quaternary nitrogens is 1. The van der Waals surface area contributed by atoms with Crippen LogP contribution in [-0.4, -0.2) is 74.3 Å². The molecular formula is C60H102N2O7P+. The standard InChI is InChI=1S/C60H101N2O7P/c1-7-10-13-16-19-22-25-27-29-31-33-35-38-41-44-47-50-53-60(64)69-58(51-48-45-42-39-36-24-21-18-15-12-9-3)57(56-68-70(65,66)67-55-54-62(4,5)6)61-59(63)52-49-46-43-40-37-34-32-30-28-26-23-20-17-14-11-8-2/h10-11,13-14,19-20,22-23,27-30,33-35,37,41,44,48,51,57-58H,7-9,12,15-18,21,24-26,31-32,36,38-40,42-43,45-47,49-50,52-56H2,1-6H3,(H-,61,63,65,66)/p+1/b13-10-,14-11+,22-19-,23-20+,29-27-,30-28+,35-33-,37-34+,44-41-,51-48+. The molecule has 0 aromatic carbocycles. The van der Waals surface area contributed by atoms with Crippen LogP contribution in [0.4, 0.5) is 0 Å². The SMILES string of the molecule is CC/C=C\C/C=C\C/C=C\C/C=C\C/C=C\CCCC(=O)OC(/C=C/CCCCCCCCCCC)C(COP(=O)(O)OCC[N+](C)(C)C)NC(=O)CCCCC/C=C/C/C=C/C/C=C/C/C=C/CC. The van der Waals surface area contributed by atoms with Gasteiger partial charge in [0.2, 0.25) is 5.91 Å². The summed E-state index contributed by atoms with van der Waals surface area (Å²) in [7, 11) is 1.42. The molecule has 0 aliphatic rings. The van der Waals surface area contributed by atoms with Crippen molar-refractivity contribution in [3.8, 4) is 0 Å². The Labute approximate surface area is 429 Å². The Kier molecular flexibility index (Phi) is 46.5. The molecule has 0 rings (SSSR count). The number of phosphoric ester groups is 1. The molecule has 0 aromatic rings. The summed E-state index contributed by atoms with van der Waals surface area (Å²) in [5, 5.41) is 3.00. The number of nitrogens with one attached hydrogen (secondary N) is 1. The molecule has 3 atom stereocenters. The van der Waals surface area contributed by atoms with Gasteiger partial charge in [-0.3, -0.25) is 18.6 Å². The van der Waals surface area contributed by atoms with Crippen LogP contribution >= 0.6 is 7.82 Å². The Balaban J connectivity index is 5.53. The number of likely N-dealkylation sites (N-methyl/N-ethyl adjacent to an activating group) is 1. The minimum atomic E-state index is -4.47. The van der Waals surface area contributed by atoms with E-state index in [1.165, 1.54) is 44.9 Å². The predicted molar refractivity (Wildman–Crippen MR) is 300 cm³/mol. The summed E-state index contributed by atoms with van der Waals surface area (Å²) in [6.07, 6.45) is 67.8. The van der Waals surface area contributed by atoms with Gasteiger partial charge in [0.05, 0.1) is 33.8 Å². The first-order chi connectivity index (χ1) is 33.9. The topological polar surface area (TPSA) is 111 Å². The highest BCUT2D eigenvalue weighted by Gasteiger charge is 2.30. The summed E-state index contributed by atoms with van der Waals surface area (Å²) in [5.74, 6) is -0.623. The van der Waals surface area contributed by atoms with Crippen LogP contribution in [-0.2, 0) is 27.9 Å². The molecule has 10 heteroatoms. The predicted octanol–water partition coefficient (Wildman–Crippen LogP) is 16.4. The van der Waals surface area contributed by atoms with Gasteiger partial charge in [-0.25, -0.2) is 4.57 Å². The smallest absolute Gasteiger partial charge is 0.456 e. The highest BCUT2D eigenvalue weighted by Crippen LogP contribution is 2.43. The lowest BCUT2D eigenvalue weighted by molar-refractivity contribution is -0.870. The third-order valence-electron chi connectivity index (χ3n) is 11.1. The number of esters is 1. The molecule has 398 valence electrons. The van der Waals surface area contributed by atoms with Crippen molar-refractivity contribution in [3.05, 3.63) is 122 Å². The van der Waals surface area contributed by atoms with Gasteiger partial charge in [0.25, 0.3) is 0 Å². The van der Waals surface area contributed by atoms with Gasteiger partial charge in [-0.2, -0.15) is 0 Å². The molecule has 0 fully saturated rings. The van der Waals surface area contributed by atoms with Crippen LogP contribution in [0.3, 0.4) is 0 Å². The summed E-state index contributed by atoms with van der Waals surface area (Å²) in [5.41, 5.74) is 0. The second-order valence-electron chi connectivity index (χ2n) is 19.0. The normalized spacial score (nSPS) is 14.8. The van der Waals surface area contributed by atoms with Crippen molar-refractivity contribution in [2.24, 2.45) is 0 Å². The van der Waals surface area contributed by atoms with Gasteiger partial charge >= 0.3 is 13.8 Å². The lowest BCUT2D eigenvalue weighted by atomic mass is 10.1. The van der Waals surface area contributed by atoms with Crippen molar-refractivity contribution in [3.63, 3.8) is 0 Å². The van der Waals surface area contributed by atoms with E-state index < -0.39 is 25.9 Å². The number of phosphoric acid groups is 1. The average molecular weight is 994 g/mol.